The van der Waals surface area contributed by atoms with Gasteiger partial charge in [-0.05, 0) is 17.7 Å². The van der Waals surface area contributed by atoms with Gasteiger partial charge in [-0.15, -0.1) is 5.54 Å². The summed E-state index contributed by atoms with van der Waals surface area (Å²) in [4.78, 5) is 10.4. The van der Waals surface area contributed by atoms with Crippen LogP contribution in [0.15, 0.2) is 24.3 Å². The third-order valence-electron chi connectivity index (χ3n) is 2.17. The smallest absolute Gasteiger partial charge is 0.404 e. The minimum Gasteiger partial charge on any atom is -0.449 e. The third kappa shape index (κ3) is 6.11. The summed E-state index contributed by atoms with van der Waals surface area (Å²) in [7, 11) is -1.32. The van der Waals surface area contributed by atoms with Crippen LogP contribution in [0.5, 0.6) is 0 Å². The molecule has 0 saturated heterocycles. The monoisotopic (exact) mass is 261 g/mol. The lowest BCUT2D eigenvalue weighted by atomic mass is 10.1. The third-order valence-corrected chi connectivity index (χ3v) is 3.05. The Kier molecular flexibility index (Phi) is 4.99. The first-order chi connectivity index (χ1) is 8.37. The molecule has 4 heteroatoms. The molecule has 1 amide bonds. The number of rotatable bonds is 3. The van der Waals surface area contributed by atoms with Crippen LogP contribution in [0.3, 0.4) is 0 Å². The van der Waals surface area contributed by atoms with Gasteiger partial charge < -0.3 is 10.5 Å². The molecule has 0 spiro atoms. The molecule has 0 aromatic heterocycles. The Morgan fingerprint density at radius 2 is 1.89 bits per heavy atom. The van der Waals surface area contributed by atoms with Gasteiger partial charge in [-0.2, -0.15) is 0 Å². The number of hydrogen-bond acceptors (Lipinski definition) is 2. The molecule has 2 N–H and O–H groups in total. The number of primary amides is 1. The molecule has 0 heterocycles. The fourth-order valence-electron chi connectivity index (χ4n) is 1.28. The van der Waals surface area contributed by atoms with E-state index in [0.717, 1.165) is 11.1 Å². The average Bonchev–Trinajstić information content (AvgIpc) is 2.26. The Morgan fingerprint density at radius 1 is 1.28 bits per heavy atom. The number of hydrogen-bond donors (Lipinski definition) is 1. The highest BCUT2D eigenvalue weighted by molar-refractivity contribution is 6.83. The summed E-state index contributed by atoms with van der Waals surface area (Å²) in [5.74, 6) is 3.19. The zero-order valence-corrected chi connectivity index (χ0v) is 12.1. The predicted molar refractivity (Wildman–Crippen MR) is 75.9 cm³/mol. The van der Waals surface area contributed by atoms with Crippen molar-refractivity contribution in [3.05, 3.63) is 35.4 Å². The van der Waals surface area contributed by atoms with Gasteiger partial charge in [0.15, 0.2) is 0 Å². The van der Waals surface area contributed by atoms with E-state index in [0.29, 0.717) is 13.0 Å². The molecule has 1 aromatic rings. The fourth-order valence-corrected chi connectivity index (χ4v) is 1.80. The topological polar surface area (TPSA) is 52.3 Å². The molecule has 18 heavy (non-hydrogen) atoms. The van der Waals surface area contributed by atoms with Crippen LogP contribution < -0.4 is 5.73 Å². The summed E-state index contributed by atoms with van der Waals surface area (Å²) in [6, 6.07) is 7.98. The highest BCUT2D eigenvalue weighted by atomic mass is 28.3. The van der Waals surface area contributed by atoms with Crippen LogP contribution in [0.1, 0.15) is 11.1 Å². The minimum atomic E-state index is -1.32. The maximum Gasteiger partial charge on any atom is 0.404 e. The molecule has 0 fully saturated rings. The second kappa shape index (κ2) is 6.27. The summed E-state index contributed by atoms with van der Waals surface area (Å²) in [6.07, 6.45) is -0.0578. The first-order valence-electron chi connectivity index (χ1n) is 5.91. The Balaban J connectivity index is 2.57. The molecule has 0 bridgehead atoms. The van der Waals surface area contributed by atoms with Crippen molar-refractivity contribution in [2.24, 2.45) is 5.73 Å². The number of ether oxygens (including phenoxy) is 1. The standard InChI is InChI=1S/C14H19NO2Si/c1-18(2,3)11-9-13-6-4-12(5-7-13)8-10-17-14(15)16/h4-7H,8,10H2,1-3H3,(H2,15,16). The number of carbonyl (C=O) groups is 1. The normalized spacial score (nSPS) is 10.4. The van der Waals surface area contributed by atoms with E-state index in [1.165, 1.54) is 0 Å². The van der Waals surface area contributed by atoms with Gasteiger partial charge in [-0.25, -0.2) is 4.79 Å². The first-order valence-corrected chi connectivity index (χ1v) is 9.41. The number of benzene rings is 1. The van der Waals surface area contributed by atoms with Gasteiger partial charge in [0.25, 0.3) is 0 Å². The van der Waals surface area contributed by atoms with Gasteiger partial charge in [0.2, 0.25) is 0 Å². The lowest BCUT2D eigenvalue weighted by molar-refractivity contribution is 0.158. The van der Waals surface area contributed by atoms with E-state index in [9.17, 15) is 4.79 Å². The highest BCUT2D eigenvalue weighted by Crippen LogP contribution is 2.05. The molecular weight excluding hydrogens is 242 g/mol. The summed E-state index contributed by atoms with van der Waals surface area (Å²) in [6.45, 7) is 6.97. The molecule has 1 aromatic carbocycles. The first kappa shape index (κ1) is 14.3. The van der Waals surface area contributed by atoms with Crippen LogP contribution in [-0.2, 0) is 11.2 Å². The summed E-state index contributed by atoms with van der Waals surface area (Å²) < 4.78 is 4.68. The van der Waals surface area contributed by atoms with Crippen molar-refractivity contribution in [2.75, 3.05) is 6.61 Å². The van der Waals surface area contributed by atoms with Crippen molar-refractivity contribution in [3.8, 4) is 11.5 Å². The molecule has 0 radical (unpaired) electrons. The second-order valence-corrected chi connectivity index (χ2v) is 9.86. The van der Waals surface area contributed by atoms with E-state index in [-0.39, 0.29) is 0 Å². The van der Waals surface area contributed by atoms with Gasteiger partial charge in [-0.3, -0.25) is 0 Å². The maximum absolute atomic E-state index is 10.4. The molecule has 0 atom stereocenters. The summed E-state index contributed by atoms with van der Waals surface area (Å²) >= 11 is 0. The average molecular weight is 261 g/mol. The van der Waals surface area contributed by atoms with E-state index in [4.69, 9.17) is 5.73 Å². The lowest BCUT2D eigenvalue weighted by Gasteiger charge is -2.04. The van der Waals surface area contributed by atoms with Gasteiger partial charge in [-0.1, -0.05) is 37.7 Å². The highest BCUT2D eigenvalue weighted by Gasteiger charge is 2.07. The van der Waals surface area contributed by atoms with Gasteiger partial charge in [0.05, 0.1) is 6.61 Å². The molecule has 1 rings (SSSR count). The summed E-state index contributed by atoms with van der Waals surface area (Å²) in [5, 5.41) is 0. The largest absolute Gasteiger partial charge is 0.449 e. The molecule has 3 nitrogen and oxygen atoms in total. The minimum absolute atomic E-state index is 0.315. The Bertz CT molecular complexity index is 463. The van der Waals surface area contributed by atoms with Crippen molar-refractivity contribution in [1.29, 1.82) is 0 Å². The Labute approximate surface area is 109 Å². The van der Waals surface area contributed by atoms with Crippen LogP contribution in [0.2, 0.25) is 19.6 Å². The van der Waals surface area contributed by atoms with E-state index in [2.05, 4.69) is 35.8 Å². The molecule has 0 aliphatic heterocycles. The molecular formula is C14H19NO2Si. The molecule has 0 unspecified atom stereocenters. The van der Waals surface area contributed by atoms with E-state index in [1.54, 1.807) is 0 Å². The number of nitrogens with two attached hydrogens (primary N) is 1. The van der Waals surface area contributed by atoms with Crippen LogP contribution >= 0.6 is 0 Å². The van der Waals surface area contributed by atoms with Gasteiger partial charge in [0.1, 0.15) is 8.07 Å². The summed E-state index contributed by atoms with van der Waals surface area (Å²) in [5.41, 5.74) is 10.3. The fraction of sp³-hybridized carbons (Fsp3) is 0.357. The zero-order chi connectivity index (χ0) is 13.6. The van der Waals surface area contributed by atoms with Gasteiger partial charge in [0, 0.05) is 12.0 Å². The van der Waals surface area contributed by atoms with Crippen LogP contribution in [0, 0.1) is 11.5 Å². The van der Waals surface area contributed by atoms with Gasteiger partial charge >= 0.3 is 6.09 Å². The quantitative estimate of drug-likeness (QED) is 0.671. The molecule has 96 valence electrons. The Hall–Kier alpha value is -1.73. The SMILES string of the molecule is C[Si](C)(C)C#Cc1ccc(CCOC(N)=O)cc1. The van der Waals surface area contributed by atoms with Crippen molar-refractivity contribution in [3.63, 3.8) is 0 Å². The zero-order valence-electron chi connectivity index (χ0n) is 11.1. The number of carbonyl (C=O) groups excluding carboxylic acids is 1. The van der Waals surface area contributed by atoms with E-state index >= 15 is 0 Å². The van der Waals surface area contributed by atoms with Crippen LogP contribution in [0.25, 0.3) is 0 Å². The maximum atomic E-state index is 10.4. The molecule has 0 aliphatic carbocycles. The predicted octanol–water partition coefficient (Wildman–Crippen LogP) is 2.55. The Morgan fingerprint density at radius 3 is 2.39 bits per heavy atom. The second-order valence-electron chi connectivity index (χ2n) is 5.11. The van der Waals surface area contributed by atoms with Crippen molar-refractivity contribution < 1.29 is 9.53 Å². The van der Waals surface area contributed by atoms with Crippen LogP contribution in [-0.4, -0.2) is 20.8 Å². The van der Waals surface area contributed by atoms with E-state index in [1.807, 2.05) is 24.3 Å². The number of amides is 1. The lowest BCUT2D eigenvalue weighted by Crippen LogP contribution is -2.16. The molecule has 0 aliphatic rings. The van der Waals surface area contributed by atoms with Crippen molar-refractivity contribution in [1.82, 2.24) is 0 Å². The van der Waals surface area contributed by atoms with Crippen molar-refractivity contribution >= 4 is 14.2 Å². The van der Waals surface area contributed by atoms with Crippen LogP contribution in [0.4, 0.5) is 4.79 Å². The van der Waals surface area contributed by atoms with E-state index < -0.39 is 14.2 Å². The van der Waals surface area contributed by atoms with Crippen molar-refractivity contribution in [2.45, 2.75) is 26.1 Å². The molecule has 0 saturated carbocycles.